The van der Waals surface area contributed by atoms with E-state index in [4.69, 9.17) is 11.6 Å². The summed E-state index contributed by atoms with van der Waals surface area (Å²) in [6.07, 6.45) is 5.70. The lowest BCUT2D eigenvalue weighted by atomic mass is 9.95. The molecular weight excluding hydrogens is 372 g/mol. The van der Waals surface area contributed by atoms with Crippen LogP contribution in [0.2, 0.25) is 5.02 Å². The van der Waals surface area contributed by atoms with Crippen LogP contribution in [0.1, 0.15) is 53.6 Å². The molecule has 2 amide bonds. The third kappa shape index (κ3) is 5.77. The van der Waals surface area contributed by atoms with Gasteiger partial charge in [-0.2, -0.15) is 0 Å². The average molecular weight is 397 g/mol. The number of nitrogens with zero attached hydrogens (tertiary/aromatic N) is 1. The van der Waals surface area contributed by atoms with Crippen LogP contribution in [0.25, 0.3) is 0 Å². The second-order valence-corrected chi connectivity index (χ2v) is 7.78. The van der Waals surface area contributed by atoms with Crippen LogP contribution in [0.4, 0.5) is 0 Å². The minimum absolute atomic E-state index is 0.158. The van der Waals surface area contributed by atoms with E-state index in [2.05, 4.69) is 10.3 Å². The summed E-state index contributed by atoms with van der Waals surface area (Å²) in [5.41, 5.74) is 2.67. The van der Waals surface area contributed by atoms with Crippen LogP contribution in [0, 0.1) is 6.92 Å². The highest BCUT2D eigenvalue weighted by Gasteiger charge is 2.20. The first-order valence-corrected chi connectivity index (χ1v) is 10.1. The van der Waals surface area contributed by atoms with E-state index < -0.39 is 5.91 Å². The van der Waals surface area contributed by atoms with E-state index in [-0.39, 0.29) is 24.1 Å². The van der Waals surface area contributed by atoms with Gasteiger partial charge in [-0.25, -0.2) is 4.99 Å². The Morgan fingerprint density at radius 1 is 1.00 bits per heavy atom. The number of carbonyl (C=O) groups is 2. The third-order valence-electron chi connectivity index (χ3n) is 5.02. The largest absolute Gasteiger partial charge is 0.348 e. The number of hydrogen-bond donors (Lipinski definition) is 1. The molecule has 1 aliphatic carbocycles. The second-order valence-electron chi connectivity index (χ2n) is 7.34. The Morgan fingerprint density at radius 3 is 2.29 bits per heavy atom. The highest BCUT2D eigenvalue weighted by molar-refractivity contribution is 6.41. The zero-order valence-electron chi connectivity index (χ0n) is 16.1. The normalized spacial score (nSPS) is 15.3. The number of aliphatic imine (C=N–C) groups is 1. The zero-order chi connectivity index (χ0) is 19.9. The standard InChI is InChI=1S/C23H25ClN2O2/c1-16-7-11-18(12-8-16)22(27)26-21(15-17-9-13-19(24)14-10-17)23(28)25-20-5-3-2-4-6-20/h7-14,20H,2-6,15H2,1H3,(H,25,28). The molecule has 1 N–H and O–H groups in total. The Hall–Kier alpha value is -2.46. The Morgan fingerprint density at radius 2 is 1.64 bits per heavy atom. The number of benzene rings is 2. The fourth-order valence-corrected chi connectivity index (χ4v) is 3.49. The molecule has 0 atom stereocenters. The first-order valence-electron chi connectivity index (χ1n) is 9.75. The molecule has 146 valence electrons. The summed E-state index contributed by atoms with van der Waals surface area (Å²) < 4.78 is 0. The first-order chi connectivity index (χ1) is 13.5. The van der Waals surface area contributed by atoms with Gasteiger partial charge in [-0.1, -0.05) is 60.7 Å². The smallest absolute Gasteiger partial charge is 0.277 e. The quantitative estimate of drug-likeness (QED) is 0.729. The SMILES string of the molecule is Cc1ccc(C(=O)N=C(Cc2ccc(Cl)cc2)C(=O)NC2CCCCC2)cc1. The van der Waals surface area contributed by atoms with Gasteiger partial charge in [0.05, 0.1) is 0 Å². The zero-order valence-corrected chi connectivity index (χ0v) is 16.8. The van der Waals surface area contributed by atoms with Crippen LogP contribution in [0.3, 0.4) is 0 Å². The Balaban J connectivity index is 1.81. The van der Waals surface area contributed by atoms with E-state index in [0.717, 1.165) is 36.8 Å². The average Bonchev–Trinajstić information content (AvgIpc) is 2.70. The summed E-state index contributed by atoms with van der Waals surface area (Å²) in [5.74, 6) is -0.662. The molecule has 0 heterocycles. The van der Waals surface area contributed by atoms with Gasteiger partial charge in [0.2, 0.25) is 0 Å². The number of amides is 2. The Labute approximate surface area is 171 Å². The van der Waals surface area contributed by atoms with Crippen molar-refractivity contribution in [1.29, 1.82) is 0 Å². The van der Waals surface area contributed by atoms with Crippen LogP contribution in [0.5, 0.6) is 0 Å². The van der Waals surface area contributed by atoms with Gasteiger partial charge in [0.1, 0.15) is 5.71 Å². The molecule has 0 saturated heterocycles. The minimum Gasteiger partial charge on any atom is -0.348 e. The summed E-state index contributed by atoms with van der Waals surface area (Å²) in [6, 6.07) is 14.6. The molecule has 0 aliphatic heterocycles. The lowest BCUT2D eigenvalue weighted by Crippen LogP contribution is -2.41. The van der Waals surface area contributed by atoms with Crippen molar-refractivity contribution < 1.29 is 9.59 Å². The molecule has 2 aromatic rings. The maximum Gasteiger partial charge on any atom is 0.277 e. The van der Waals surface area contributed by atoms with Gasteiger partial charge in [0.25, 0.3) is 11.8 Å². The van der Waals surface area contributed by atoms with Gasteiger partial charge in [-0.3, -0.25) is 9.59 Å². The molecule has 0 bridgehead atoms. The second kappa shape index (κ2) is 9.65. The summed E-state index contributed by atoms with van der Waals surface area (Å²) in [7, 11) is 0. The van der Waals surface area contributed by atoms with Crippen LogP contribution in [-0.4, -0.2) is 23.6 Å². The van der Waals surface area contributed by atoms with Crippen molar-refractivity contribution >= 4 is 29.1 Å². The number of aryl methyl sites for hydroxylation is 1. The molecule has 1 aliphatic rings. The Kier molecular flexibility index (Phi) is 6.99. The van der Waals surface area contributed by atoms with Crippen LogP contribution in [0.15, 0.2) is 53.5 Å². The van der Waals surface area contributed by atoms with Crippen molar-refractivity contribution in [3.63, 3.8) is 0 Å². The van der Waals surface area contributed by atoms with Crippen LogP contribution >= 0.6 is 11.6 Å². The molecular formula is C23H25ClN2O2. The summed E-state index contributed by atoms with van der Waals surface area (Å²) in [6.45, 7) is 1.96. The number of hydrogen-bond acceptors (Lipinski definition) is 2. The number of nitrogens with one attached hydrogen (secondary N) is 1. The number of carbonyl (C=O) groups excluding carboxylic acids is 2. The topological polar surface area (TPSA) is 58.5 Å². The predicted octanol–water partition coefficient (Wildman–Crippen LogP) is 4.92. The predicted molar refractivity (Wildman–Crippen MR) is 113 cm³/mol. The van der Waals surface area contributed by atoms with E-state index in [1.807, 2.05) is 31.2 Å². The van der Waals surface area contributed by atoms with Gasteiger partial charge in [0.15, 0.2) is 0 Å². The summed E-state index contributed by atoms with van der Waals surface area (Å²) >= 11 is 5.95. The summed E-state index contributed by atoms with van der Waals surface area (Å²) in [4.78, 5) is 29.7. The molecule has 0 spiro atoms. The van der Waals surface area contributed by atoms with Crippen molar-refractivity contribution in [3.8, 4) is 0 Å². The monoisotopic (exact) mass is 396 g/mol. The molecule has 0 radical (unpaired) electrons. The van der Waals surface area contributed by atoms with Crippen LogP contribution < -0.4 is 5.32 Å². The minimum atomic E-state index is -0.400. The number of halogens is 1. The van der Waals surface area contributed by atoms with Gasteiger partial charge in [0, 0.05) is 23.0 Å². The van der Waals surface area contributed by atoms with Crippen molar-refractivity contribution in [2.24, 2.45) is 4.99 Å². The number of rotatable bonds is 5. The van der Waals surface area contributed by atoms with Crippen molar-refractivity contribution in [3.05, 3.63) is 70.2 Å². The third-order valence-corrected chi connectivity index (χ3v) is 5.27. The molecule has 5 heteroatoms. The molecule has 0 aromatic heterocycles. The van der Waals surface area contributed by atoms with Crippen molar-refractivity contribution in [2.75, 3.05) is 0 Å². The van der Waals surface area contributed by atoms with Gasteiger partial charge in [-0.05, 0) is 49.6 Å². The lowest BCUT2D eigenvalue weighted by Gasteiger charge is -2.23. The van der Waals surface area contributed by atoms with Gasteiger partial charge >= 0.3 is 0 Å². The molecule has 1 saturated carbocycles. The lowest BCUT2D eigenvalue weighted by molar-refractivity contribution is -0.115. The maximum absolute atomic E-state index is 12.9. The van der Waals surface area contributed by atoms with E-state index in [0.29, 0.717) is 10.6 Å². The fraction of sp³-hybridized carbons (Fsp3) is 0.348. The van der Waals surface area contributed by atoms with Crippen molar-refractivity contribution in [2.45, 2.75) is 51.5 Å². The highest BCUT2D eigenvalue weighted by atomic mass is 35.5. The molecule has 3 rings (SSSR count). The van der Waals surface area contributed by atoms with E-state index >= 15 is 0 Å². The molecule has 28 heavy (non-hydrogen) atoms. The molecule has 1 fully saturated rings. The maximum atomic E-state index is 12.9. The Bertz CT molecular complexity index is 851. The first kappa shape index (κ1) is 20.3. The molecule has 2 aromatic carbocycles. The molecule has 4 nitrogen and oxygen atoms in total. The van der Waals surface area contributed by atoms with Gasteiger partial charge in [-0.15, -0.1) is 0 Å². The fourth-order valence-electron chi connectivity index (χ4n) is 3.37. The molecule has 0 unspecified atom stereocenters. The highest BCUT2D eigenvalue weighted by Crippen LogP contribution is 2.18. The van der Waals surface area contributed by atoms with E-state index in [9.17, 15) is 9.59 Å². The van der Waals surface area contributed by atoms with Crippen molar-refractivity contribution in [1.82, 2.24) is 5.32 Å². The van der Waals surface area contributed by atoms with Crippen LogP contribution in [-0.2, 0) is 11.2 Å². The summed E-state index contributed by atoms with van der Waals surface area (Å²) in [5, 5.41) is 3.70. The van der Waals surface area contributed by atoms with E-state index in [1.165, 1.54) is 6.42 Å². The van der Waals surface area contributed by atoms with Gasteiger partial charge < -0.3 is 5.32 Å². The van der Waals surface area contributed by atoms with E-state index in [1.54, 1.807) is 24.3 Å².